The van der Waals surface area contributed by atoms with Crippen molar-refractivity contribution in [3.8, 4) is 0 Å². The Balaban J connectivity index is 2.08. The molecule has 2 heterocycles. The van der Waals surface area contributed by atoms with Crippen molar-refractivity contribution in [2.45, 2.75) is 52.0 Å². The minimum atomic E-state index is 0.0988. The zero-order valence-electron chi connectivity index (χ0n) is 12.0. The van der Waals surface area contributed by atoms with Gasteiger partial charge in [0.1, 0.15) is 0 Å². The van der Waals surface area contributed by atoms with Gasteiger partial charge in [-0.05, 0) is 24.5 Å². The molecule has 2 aromatic rings. The molecule has 0 aromatic carbocycles. The van der Waals surface area contributed by atoms with Crippen LogP contribution in [0.4, 0.5) is 0 Å². The maximum atomic E-state index is 6.40. The molecule has 2 unspecified atom stereocenters. The van der Waals surface area contributed by atoms with E-state index in [0.29, 0.717) is 0 Å². The van der Waals surface area contributed by atoms with Crippen LogP contribution in [0.2, 0.25) is 0 Å². The normalized spacial score (nSPS) is 14.7. The van der Waals surface area contributed by atoms with Gasteiger partial charge in [-0.15, -0.1) is 0 Å². The molecule has 19 heavy (non-hydrogen) atoms. The van der Waals surface area contributed by atoms with Gasteiger partial charge < -0.3 is 5.73 Å². The minimum absolute atomic E-state index is 0.0988. The van der Waals surface area contributed by atoms with Crippen LogP contribution in [0.25, 0.3) is 5.52 Å². The molecule has 0 fully saturated rings. The lowest BCUT2D eigenvalue weighted by Gasteiger charge is -2.19. The van der Waals surface area contributed by atoms with E-state index in [0.717, 1.165) is 17.9 Å². The second kappa shape index (κ2) is 6.71. The van der Waals surface area contributed by atoms with Gasteiger partial charge in [0.2, 0.25) is 0 Å². The molecule has 3 nitrogen and oxygen atoms in total. The third kappa shape index (κ3) is 3.35. The zero-order chi connectivity index (χ0) is 13.7. The molecule has 0 aliphatic rings. The van der Waals surface area contributed by atoms with Gasteiger partial charge in [-0.25, -0.2) is 4.52 Å². The third-order valence-corrected chi connectivity index (χ3v) is 3.99. The second-order valence-corrected chi connectivity index (χ2v) is 5.39. The molecule has 2 N–H and O–H groups in total. The van der Waals surface area contributed by atoms with Crippen molar-refractivity contribution >= 4 is 5.52 Å². The van der Waals surface area contributed by atoms with Crippen LogP contribution in [0, 0.1) is 5.92 Å². The number of hydrogen-bond donors (Lipinski definition) is 1. The lowest BCUT2D eigenvalue weighted by atomic mass is 9.90. The maximum absolute atomic E-state index is 6.40. The summed E-state index contributed by atoms with van der Waals surface area (Å²) in [4.78, 5) is 0. The van der Waals surface area contributed by atoms with E-state index in [1.807, 2.05) is 29.0 Å². The first-order valence-corrected chi connectivity index (χ1v) is 7.44. The number of rotatable bonds is 7. The van der Waals surface area contributed by atoms with Gasteiger partial charge in [-0.2, -0.15) is 5.10 Å². The number of nitrogens with zero attached hydrogens (tertiary/aromatic N) is 2. The molecule has 0 saturated carbocycles. The Kier molecular flexibility index (Phi) is 4.97. The van der Waals surface area contributed by atoms with Gasteiger partial charge in [0.25, 0.3) is 0 Å². The minimum Gasteiger partial charge on any atom is -0.324 e. The van der Waals surface area contributed by atoms with Gasteiger partial charge >= 0.3 is 0 Å². The maximum Gasteiger partial charge on any atom is 0.0709 e. The predicted molar refractivity (Wildman–Crippen MR) is 80.0 cm³/mol. The molecule has 3 heteroatoms. The molecule has 0 amide bonds. The summed E-state index contributed by atoms with van der Waals surface area (Å²) in [6, 6.07) is 6.23. The van der Waals surface area contributed by atoms with E-state index >= 15 is 0 Å². The van der Waals surface area contributed by atoms with Gasteiger partial charge in [-0.3, -0.25) is 0 Å². The van der Waals surface area contributed by atoms with Crippen LogP contribution < -0.4 is 5.73 Å². The van der Waals surface area contributed by atoms with Crippen LogP contribution in [0.1, 0.15) is 57.6 Å². The quantitative estimate of drug-likeness (QED) is 0.818. The van der Waals surface area contributed by atoms with Gasteiger partial charge in [0.15, 0.2) is 0 Å². The summed E-state index contributed by atoms with van der Waals surface area (Å²) in [7, 11) is 0. The number of pyridine rings is 1. The van der Waals surface area contributed by atoms with Gasteiger partial charge in [0.05, 0.1) is 11.7 Å². The van der Waals surface area contributed by atoms with Crippen LogP contribution >= 0.6 is 0 Å². The highest BCUT2D eigenvalue weighted by molar-refractivity contribution is 5.54. The molecule has 2 aromatic heterocycles. The number of aromatic nitrogens is 2. The predicted octanol–water partition coefficient (Wildman–Crippen LogP) is 3.94. The van der Waals surface area contributed by atoms with E-state index in [2.05, 4.69) is 25.0 Å². The first kappa shape index (κ1) is 14.1. The Hall–Kier alpha value is -1.35. The zero-order valence-corrected chi connectivity index (χ0v) is 12.0. The van der Waals surface area contributed by atoms with Gasteiger partial charge in [-0.1, -0.05) is 45.6 Å². The Morgan fingerprint density at radius 1 is 1.32 bits per heavy atom. The molecule has 104 valence electrons. The SMILES string of the molecule is CCCCC(CC)CC(N)c1cnn2ccccc12. The Bertz CT molecular complexity index is 503. The lowest BCUT2D eigenvalue weighted by molar-refractivity contribution is 0.389. The summed E-state index contributed by atoms with van der Waals surface area (Å²) in [5.41, 5.74) is 8.72. The summed E-state index contributed by atoms with van der Waals surface area (Å²) in [6.45, 7) is 4.51. The van der Waals surface area contributed by atoms with Crippen molar-refractivity contribution < 1.29 is 0 Å². The third-order valence-electron chi connectivity index (χ3n) is 3.99. The Morgan fingerprint density at radius 3 is 2.89 bits per heavy atom. The van der Waals surface area contributed by atoms with Crippen LogP contribution in [0.15, 0.2) is 30.6 Å². The smallest absolute Gasteiger partial charge is 0.0709 e. The Labute approximate surface area is 115 Å². The van der Waals surface area contributed by atoms with Crippen molar-refractivity contribution in [2.75, 3.05) is 0 Å². The summed E-state index contributed by atoms with van der Waals surface area (Å²) in [5, 5.41) is 4.37. The average Bonchev–Trinajstić information content (AvgIpc) is 2.87. The van der Waals surface area contributed by atoms with Crippen molar-refractivity contribution in [2.24, 2.45) is 11.7 Å². The van der Waals surface area contributed by atoms with E-state index in [1.54, 1.807) is 0 Å². The number of hydrogen-bond acceptors (Lipinski definition) is 2. The molecular formula is C16H25N3. The standard InChI is InChI=1S/C16H25N3/c1-3-5-8-13(4-2)11-15(17)14-12-18-19-10-7-6-9-16(14)19/h6-7,9-10,12-13,15H,3-5,8,11,17H2,1-2H3. The number of fused-ring (bicyclic) bond motifs is 1. The van der Waals surface area contributed by atoms with Crippen molar-refractivity contribution in [1.82, 2.24) is 9.61 Å². The topological polar surface area (TPSA) is 43.3 Å². The highest BCUT2D eigenvalue weighted by atomic mass is 15.2. The van der Waals surface area contributed by atoms with Crippen LogP contribution in [-0.2, 0) is 0 Å². The van der Waals surface area contributed by atoms with E-state index in [1.165, 1.54) is 31.2 Å². The molecule has 0 saturated heterocycles. The summed E-state index contributed by atoms with van der Waals surface area (Å²) in [6.07, 6.45) is 10.0. The largest absolute Gasteiger partial charge is 0.324 e. The molecule has 0 aliphatic carbocycles. The number of unbranched alkanes of at least 4 members (excludes halogenated alkanes) is 1. The number of nitrogens with two attached hydrogens (primary N) is 1. The highest BCUT2D eigenvalue weighted by Gasteiger charge is 2.16. The lowest BCUT2D eigenvalue weighted by Crippen LogP contribution is -2.15. The summed E-state index contributed by atoms with van der Waals surface area (Å²) >= 11 is 0. The molecule has 2 atom stereocenters. The monoisotopic (exact) mass is 259 g/mol. The molecule has 0 bridgehead atoms. The summed E-state index contributed by atoms with van der Waals surface area (Å²) < 4.78 is 1.90. The van der Waals surface area contributed by atoms with Crippen LogP contribution in [-0.4, -0.2) is 9.61 Å². The fourth-order valence-corrected chi connectivity index (χ4v) is 2.71. The van der Waals surface area contributed by atoms with E-state index in [-0.39, 0.29) is 6.04 Å². The van der Waals surface area contributed by atoms with Gasteiger partial charge in [0, 0.05) is 17.8 Å². The van der Waals surface area contributed by atoms with Crippen molar-refractivity contribution in [1.29, 1.82) is 0 Å². The van der Waals surface area contributed by atoms with Crippen molar-refractivity contribution in [3.63, 3.8) is 0 Å². The Morgan fingerprint density at radius 2 is 2.16 bits per heavy atom. The molecule has 0 radical (unpaired) electrons. The first-order chi connectivity index (χ1) is 9.26. The van der Waals surface area contributed by atoms with Crippen LogP contribution in [0.3, 0.4) is 0 Å². The molecule has 0 spiro atoms. The molecular weight excluding hydrogens is 234 g/mol. The summed E-state index contributed by atoms with van der Waals surface area (Å²) in [5.74, 6) is 0.730. The van der Waals surface area contributed by atoms with Crippen molar-refractivity contribution in [3.05, 3.63) is 36.2 Å². The van der Waals surface area contributed by atoms with E-state index < -0.39 is 0 Å². The first-order valence-electron chi connectivity index (χ1n) is 7.44. The molecule has 0 aliphatic heterocycles. The van der Waals surface area contributed by atoms with Crippen LogP contribution in [0.5, 0.6) is 0 Å². The molecule has 2 rings (SSSR count). The fourth-order valence-electron chi connectivity index (χ4n) is 2.71. The van der Waals surface area contributed by atoms with E-state index in [4.69, 9.17) is 5.73 Å². The highest BCUT2D eigenvalue weighted by Crippen LogP contribution is 2.27. The average molecular weight is 259 g/mol. The van der Waals surface area contributed by atoms with E-state index in [9.17, 15) is 0 Å². The fraction of sp³-hybridized carbons (Fsp3) is 0.562. The second-order valence-electron chi connectivity index (χ2n) is 5.39.